The first-order valence-electron chi connectivity index (χ1n) is 14.8. The van der Waals surface area contributed by atoms with E-state index >= 15 is 0 Å². The molecule has 45 heavy (non-hydrogen) atoms. The molecule has 1 fully saturated rings. The molecule has 10 nitrogen and oxygen atoms in total. The first-order valence-corrected chi connectivity index (χ1v) is 16.3. The number of aliphatic hydroxyl groups is 1. The Hall–Kier alpha value is -4.26. The summed E-state index contributed by atoms with van der Waals surface area (Å²) in [6.07, 6.45) is 1.00. The van der Waals surface area contributed by atoms with Crippen molar-refractivity contribution in [1.82, 2.24) is 19.5 Å². The van der Waals surface area contributed by atoms with Gasteiger partial charge in [0, 0.05) is 12.7 Å². The normalized spacial score (nSPS) is 21.8. The number of aliphatic hydroxyl groups excluding tert-OH is 1. The molecule has 3 aromatic carbocycles. The average Bonchev–Trinajstić information content (AvgIpc) is 3.62. The maximum Gasteiger partial charge on any atom is 0.256 e. The Morgan fingerprint density at radius 3 is 2.11 bits per heavy atom. The molecule has 6 rings (SSSR count). The Morgan fingerprint density at radius 1 is 0.956 bits per heavy atom. The lowest BCUT2D eigenvalue weighted by molar-refractivity contribution is -0.126. The van der Waals surface area contributed by atoms with Crippen LogP contribution in [0.5, 0.6) is 0 Å². The SMILES string of the molecule is CO[C@@H]1[C@H](OC(C)(C)C)[C@@H](CO)O[C@]1(n1cnc2c(NC(=O)c3ccccc3)ncnc21)[Si](c1ccccc1)c1ccccc1. The summed E-state index contributed by atoms with van der Waals surface area (Å²) in [6.45, 7) is 5.61. The number of aromatic nitrogens is 4. The van der Waals surface area contributed by atoms with Gasteiger partial charge in [0.05, 0.1) is 18.5 Å². The summed E-state index contributed by atoms with van der Waals surface area (Å²) in [6, 6.07) is 29.2. The van der Waals surface area contributed by atoms with Crippen LogP contribution in [-0.4, -0.2) is 77.0 Å². The summed E-state index contributed by atoms with van der Waals surface area (Å²) in [7, 11) is -0.345. The Kier molecular flexibility index (Phi) is 8.62. The number of nitrogens with zero attached hydrogens (tertiary/aromatic N) is 4. The lowest BCUT2D eigenvalue weighted by Gasteiger charge is -2.42. The minimum atomic E-state index is -1.98. The molecule has 4 atom stereocenters. The van der Waals surface area contributed by atoms with Gasteiger partial charge in [0.15, 0.2) is 31.1 Å². The van der Waals surface area contributed by atoms with Crippen molar-refractivity contribution in [2.45, 2.75) is 50.0 Å². The molecule has 1 aliphatic rings. The van der Waals surface area contributed by atoms with Crippen molar-refractivity contribution in [3.8, 4) is 0 Å². The number of anilines is 1. The molecule has 1 aliphatic heterocycles. The number of carbonyl (C=O) groups excluding carboxylic acids is 1. The van der Waals surface area contributed by atoms with Gasteiger partial charge in [-0.05, 0) is 32.9 Å². The van der Waals surface area contributed by atoms with E-state index in [0.29, 0.717) is 16.7 Å². The smallest absolute Gasteiger partial charge is 0.256 e. The number of benzene rings is 3. The fourth-order valence-corrected chi connectivity index (χ4v) is 9.46. The van der Waals surface area contributed by atoms with Crippen molar-refractivity contribution >= 4 is 42.1 Å². The van der Waals surface area contributed by atoms with E-state index in [2.05, 4.69) is 39.6 Å². The van der Waals surface area contributed by atoms with E-state index in [9.17, 15) is 9.90 Å². The molecule has 1 radical (unpaired) electrons. The summed E-state index contributed by atoms with van der Waals surface area (Å²) >= 11 is 0. The molecule has 0 spiro atoms. The molecule has 0 unspecified atom stereocenters. The summed E-state index contributed by atoms with van der Waals surface area (Å²) in [5, 5.41) is 14.5. The zero-order valence-electron chi connectivity index (χ0n) is 25.6. The second-order valence-electron chi connectivity index (χ2n) is 11.8. The van der Waals surface area contributed by atoms with Crippen LogP contribution in [0.15, 0.2) is 104 Å². The predicted molar refractivity (Wildman–Crippen MR) is 173 cm³/mol. The summed E-state index contributed by atoms with van der Waals surface area (Å²) in [4.78, 5) is 26.9. The number of carbonyl (C=O) groups is 1. The second-order valence-corrected chi connectivity index (χ2v) is 14.4. The van der Waals surface area contributed by atoms with Crippen LogP contribution in [0.25, 0.3) is 11.2 Å². The van der Waals surface area contributed by atoms with Crippen LogP contribution in [-0.2, 0) is 19.6 Å². The molecule has 11 heteroatoms. The van der Waals surface area contributed by atoms with Gasteiger partial charge < -0.3 is 24.6 Å². The van der Waals surface area contributed by atoms with Gasteiger partial charge in [0.25, 0.3) is 5.91 Å². The van der Waals surface area contributed by atoms with Gasteiger partial charge >= 0.3 is 0 Å². The average molecular weight is 623 g/mol. The fraction of sp³-hybridized carbons (Fsp3) is 0.294. The second kappa shape index (κ2) is 12.6. The number of methoxy groups -OCH3 is 1. The van der Waals surface area contributed by atoms with Gasteiger partial charge in [-0.2, -0.15) is 0 Å². The molecule has 2 aromatic heterocycles. The van der Waals surface area contributed by atoms with Gasteiger partial charge in [0.1, 0.15) is 24.6 Å². The van der Waals surface area contributed by atoms with Crippen LogP contribution in [0, 0.1) is 0 Å². The van der Waals surface area contributed by atoms with Gasteiger partial charge in [-0.3, -0.25) is 9.36 Å². The maximum atomic E-state index is 13.1. The lowest BCUT2D eigenvalue weighted by atomic mass is 10.1. The molecule has 0 aliphatic carbocycles. The quantitative estimate of drug-likeness (QED) is 0.241. The van der Waals surface area contributed by atoms with Gasteiger partial charge in [0.2, 0.25) is 0 Å². The third-order valence-electron chi connectivity index (χ3n) is 7.75. The number of nitrogens with one attached hydrogen (secondary N) is 1. The Labute approximate surface area is 263 Å². The van der Waals surface area contributed by atoms with Crippen molar-refractivity contribution < 1.29 is 24.1 Å². The topological polar surface area (TPSA) is 121 Å². The number of fused-ring (bicyclic) bond motifs is 1. The molecular formula is C34H36N5O5Si. The van der Waals surface area contributed by atoms with Crippen LogP contribution >= 0.6 is 0 Å². The third-order valence-corrected chi connectivity index (χ3v) is 10.9. The first-order chi connectivity index (χ1) is 21.8. The molecule has 2 N–H and O–H groups in total. The Morgan fingerprint density at radius 2 is 1.56 bits per heavy atom. The summed E-state index contributed by atoms with van der Waals surface area (Å²) < 4.78 is 22.0. The van der Waals surface area contributed by atoms with Crippen LogP contribution in [0.2, 0.25) is 0 Å². The first kappa shape index (κ1) is 30.7. The highest BCUT2D eigenvalue weighted by Gasteiger charge is 2.63. The van der Waals surface area contributed by atoms with E-state index in [1.54, 1.807) is 37.7 Å². The number of hydrogen-bond acceptors (Lipinski definition) is 8. The molecule has 3 heterocycles. The number of imidazole rings is 1. The summed E-state index contributed by atoms with van der Waals surface area (Å²) in [5.74, 6) is -0.0480. The minimum Gasteiger partial charge on any atom is -0.394 e. The number of amides is 1. The molecule has 1 saturated heterocycles. The molecule has 0 saturated carbocycles. The van der Waals surface area contributed by atoms with E-state index < -0.39 is 38.1 Å². The van der Waals surface area contributed by atoms with Crippen molar-refractivity contribution in [3.05, 3.63) is 109 Å². The number of hydrogen-bond donors (Lipinski definition) is 2. The molecule has 0 bridgehead atoms. The molecule has 1 amide bonds. The molecule has 5 aromatic rings. The number of ether oxygens (including phenoxy) is 3. The van der Waals surface area contributed by atoms with Gasteiger partial charge in [-0.25, -0.2) is 15.0 Å². The Bertz CT molecular complexity index is 1710. The highest BCUT2D eigenvalue weighted by Crippen LogP contribution is 2.43. The van der Waals surface area contributed by atoms with E-state index in [-0.39, 0.29) is 18.3 Å². The highest BCUT2D eigenvalue weighted by molar-refractivity contribution is 6.86. The Balaban J connectivity index is 1.59. The maximum absolute atomic E-state index is 13.1. The predicted octanol–water partition coefficient (Wildman–Crippen LogP) is 3.17. The van der Waals surface area contributed by atoms with E-state index in [1.165, 1.54) is 6.33 Å². The molecular weight excluding hydrogens is 586 g/mol. The fourth-order valence-electron chi connectivity index (χ4n) is 6.01. The van der Waals surface area contributed by atoms with Crippen LogP contribution in [0.4, 0.5) is 5.82 Å². The van der Waals surface area contributed by atoms with Gasteiger partial charge in [-0.15, -0.1) is 0 Å². The van der Waals surface area contributed by atoms with Gasteiger partial charge in [-0.1, -0.05) is 89.2 Å². The van der Waals surface area contributed by atoms with E-state index in [0.717, 1.165) is 10.4 Å². The monoisotopic (exact) mass is 622 g/mol. The van der Waals surface area contributed by atoms with Crippen LogP contribution < -0.4 is 15.7 Å². The number of rotatable bonds is 9. The van der Waals surface area contributed by atoms with Crippen molar-refractivity contribution in [1.29, 1.82) is 0 Å². The van der Waals surface area contributed by atoms with Crippen molar-refractivity contribution in [2.24, 2.45) is 0 Å². The lowest BCUT2D eigenvalue weighted by Crippen LogP contribution is -2.67. The zero-order valence-corrected chi connectivity index (χ0v) is 26.6. The van der Waals surface area contributed by atoms with E-state index in [4.69, 9.17) is 19.2 Å². The van der Waals surface area contributed by atoms with Crippen molar-refractivity contribution in [3.63, 3.8) is 0 Å². The van der Waals surface area contributed by atoms with Crippen LogP contribution in [0.3, 0.4) is 0 Å². The zero-order chi connectivity index (χ0) is 31.6. The third kappa shape index (κ3) is 5.80. The highest BCUT2D eigenvalue weighted by atomic mass is 28.3. The van der Waals surface area contributed by atoms with E-state index in [1.807, 2.05) is 67.8 Å². The summed E-state index contributed by atoms with van der Waals surface area (Å²) in [5.41, 5.74) is 0.764. The minimum absolute atomic E-state index is 0.268. The molecule has 231 valence electrons. The standard InChI is InChI=1S/C34H36N5O5Si/c1-33(2,3)44-28-26(20-40)43-34(29(28)42-4,45(24-16-10-6-11-17-24)25-18-12-7-13-19-25)39-22-37-27-30(35-21-36-31(27)39)38-32(41)23-14-8-5-9-15-23/h5-19,21-22,26,28-29,40H,20H2,1-4H3,(H,35,36,38,41)/t26-,28-,29-,34+/m1/s1. The largest absolute Gasteiger partial charge is 0.394 e. The van der Waals surface area contributed by atoms with Crippen molar-refractivity contribution in [2.75, 3.05) is 19.0 Å². The van der Waals surface area contributed by atoms with Crippen LogP contribution in [0.1, 0.15) is 31.1 Å².